The van der Waals surface area contributed by atoms with E-state index in [0.29, 0.717) is 17.9 Å². The van der Waals surface area contributed by atoms with Crippen molar-refractivity contribution in [2.24, 2.45) is 0 Å². The number of rotatable bonds is 4. The first-order valence-corrected chi connectivity index (χ1v) is 7.73. The standard InChI is InChI=1S/C18H21NO3/c1-14-17(9-12-21-14)18(20)19-10-7-16(8-11-19)22-13-15-5-3-2-4-6-15/h2-6,9,12,16H,7-8,10-11,13H2,1H3. The summed E-state index contributed by atoms with van der Waals surface area (Å²) in [5.74, 6) is 0.750. The molecule has 1 aliphatic rings. The predicted octanol–water partition coefficient (Wildman–Crippen LogP) is 3.41. The molecule has 0 atom stereocenters. The Morgan fingerprint density at radius 2 is 1.95 bits per heavy atom. The second-order valence-electron chi connectivity index (χ2n) is 5.68. The van der Waals surface area contributed by atoms with Crippen LogP contribution in [0.15, 0.2) is 47.1 Å². The van der Waals surface area contributed by atoms with Gasteiger partial charge >= 0.3 is 0 Å². The molecule has 3 rings (SSSR count). The summed E-state index contributed by atoms with van der Waals surface area (Å²) in [5.41, 5.74) is 1.86. The Morgan fingerprint density at radius 1 is 1.23 bits per heavy atom. The van der Waals surface area contributed by atoms with Gasteiger partial charge in [-0.05, 0) is 31.4 Å². The van der Waals surface area contributed by atoms with Crippen molar-refractivity contribution in [2.75, 3.05) is 13.1 Å². The van der Waals surface area contributed by atoms with Crippen LogP contribution in [-0.4, -0.2) is 30.0 Å². The van der Waals surface area contributed by atoms with Crippen LogP contribution in [0, 0.1) is 6.92 Å². The van der Waals surface area contributed by atoms with E-state index in [2.05, 4.69) is 12.1 Å². The van der Waals surface area contributed by atoms with Crippen molar-refractivity contribution < 1.29 is 13.9 Å². The lowest BCUT2D eigenvalue weighted by molar-refractivity contribution is -0.000410. The van der Waals surface area contributed by atoms with E-state index in [0.717, 1.165) is 25.9 Å². The Morgan fingerprint density at radius 3 is 2.59 bits per heavy atom. The van der Waals surface area contributed by atoms with Gasteiger partial charge in [0.15, 0.2) is 0 Å². The van der Waals surface area contributed by atoms with Crippen molar-refractivity contribution >= 4 is 5.91 Å². The molecule has 1 aliphatic heterocycles. The molecule has 4 heteroatoms. The summed E-state index contributed by atoms with van der Waals surface area (Å²) in [6, 6.07) is 11.9. The predicted molar refractivity (Wildman–Crippen MR) is 83.6 cm³/mol. The summed E-state index contributed by atoms with van der Waals surface area (Å²) < 4.78 is 11.2. The fourth-order valence-corrected chi connectivity index (χ4v) is 2.79. The second-order valence-corrected chi connectivity index (χ2v) is 5.68. The van der Waals surface area contributed by atoms with Crippen LogP contribution in [-0.2, 0) is 11.3 Å². The Labute approximate surface area is 130 Å². The monoisotopic (exact) mass is 299 g/mol. The number of hydrogen-bond donors (Lipinski definition) is 0. The van der Waals surface area contributed by atoms with Crippen LogP contribution in [0.1, 0.15) is 34.5 Å². The molecule has 1 aromatic carbocycles. The SMILES string of the molecule is Cc1occc1C(=O)N1CCC(OCc2ccccc2)CC1. The van der Waals surface area contributed by atoms with Gasteiger partial charge in [-0.3, -0.25) is 4.79 Å². The topological polar surface area (TPSA) is 42.7 Å². The van der Waals surface area contributed by atoms with Gasteiger partial charge in [-0.15, -0.1) is 0 Å². The molecule has 0 aliphatic carbocycles. The van der Waals surface area contributed by atoms with Gasteiger partial charge in [0.05, 0.1) is 24.5 Å². The van der Waals surface area contributed by atoms with Gasteiger partial charge in [0.1, 0.15) is 5.76 Å². The number of amides is 1. The number of benzene rings is 1. The highest BCUT2D eigenvalue weighted by Crippen LogP contribution is 2.19. The molecule has 0 N–H and O–H groups in total. The quantitative estimate of drug-likeness (QED) is 0.869. The van der Waals surface area contributed by atoms with Gasteiger partial charge in [-0.2, -0.15) is 0 Å². The number of likely N-dealkylation sites (tertiary alicyclic amines) is 1. The van der Waals surface area contributed by atoms with Gasteiger partial charge in [-0.1, -0.05) is 30.3 Å². The normalized spacial score (nSPS) is 16.0. The minimum Gasteiger partial charge on any atom is -0.469 e. The van der Waals surface area contributed by atoms with Crippen LogP contribution in [0.25, 0.3) is 0 Å². The molecule has 0 saturated carbocycles. The Kier molecular flexibility index (Phi) is 4.59. The van der Waals surface area contributed by atoms with Gasteiger partial charge in [-0.25, -0.2) is 0 Å². The molecule has 1 aromatic heterocycles. The van der Waals surface area contributed by atoms with E-state index in [1.807, 2.05) is 30.0 Å². The highest BCUT2D eigenvalue weighted by Gasteiger charge is 2.25. The smallest absolute Gasteiger partial charge is 0.257 e. The van der Waals surface area contributed by atoms with E-state index < -0.39 is 0 Å². The van der Waals surface area contributed by atoms with E-state index in [1.54, 1.807) is 12.3 Å². The van der Waals surface area contributed by atoms with Gasteiger partial charge in [0.25, 0.3) is 5.91 Å². The maximum Gasteiger partial charge on any atom is 0.257 e. The first-order valence-electron chi connectivity index (χ1n) is 7.73. The van der Waals surface area contributed by atoms with Crippen LogP contribution >= 0.6 is 0 Å². The second kappa shape index (κ2) is 6.79. The third kappa shape index (κ3) is 3.39. The van der Waals surface area contributed by atoms with Crippen LogP contribution in [0.4, 0.5) is 0 Å². The number of furan rings is 1. The molecule has 22 heavy (non-hydrogen) atoms. The molecule has 2 heterocycles. The summed E-state index contributed by atoms with van der Waals surface area (Å²) in [7, 11) is 0. The lowest BCUT2D eigenvalue weighted by atomic mass is 10.1. The van der Waals surface area contributed by atoms with Crippen LogP contribution < -0.4 is 0 Å². The molecule has 0 radical (unpaired) electrons. The Bertz CT molecular complexity index is 612. The van der Waals surface area contributed by atoms with E-state index >= 15 is 0 Å². The summed E-state index contributed by atoms with van der Waals surface area (Å²) >= 11 is 0. The molecule has 2 aromatic rings. The fourth-order valence-electron chi connectivity index (χ4n) is 2.79. The number of ether oxygens (including phenoxy) is 1. The lowest BCUT2D eigenvalue weighted by Gasteiger charge is -2.31. The third-order valence-electron chi connectivity index (χ3n) is 4.15. The Balaban J connectivity index is 1.48. The largest absolute Gasteiger partial charge is 0.469 e. The summed E-state index contributed by atoms with van der Waals surface area (Å²) in [4.78, 5) is 14.3. The van der Waals surface area contributed by atoms with E-state index in [4.69, 9.17) is 9.15 Å². The average Bonchev–Trinajstić information content (AvgIpc) is 3.00. The van der Waals surface area contributed by atoms with Crippen LogP contribution in [0.3, 0.4) is 0 Å². The maximum absolute atomic E-state index is 12.4. The number of carbonyl (C=O) groups excluding carboxylic acids is 1. The molecule has 1 fully saturated rings. The zero-order valence-corrected chi connectivity index (χ0v) is 12.8. The Hall–Kier alpha value is -2.07. The zero-order valence-electron chi connectivity index (χ0n) is 12.8. The molecule has 116 valence electrons. The molecular formula is C18H21NO3. The van der Waals surface area contributed by atoms with Crippen molar-refractivity contribution in [3.8, 4) is 0 Å². The van der Waals surface area contributed by atoms with Gasteiger partial charge in [0, 0.05) is 13.1 Å². The maximum atomic E-state index is 12.4. The molecule has 1 amide bonds. The number of piperidine rings is 1. The van der Waals surface area contributed by atoms with Crippen molar-refractivity contribution in [1.82, 2.24) is 4.90 Å². The highest BCUT2D eigenvalue weighted by atomic mass is 16.5. The summed E-state index contributed by atoms with van der Waals surface area (Å²) in [6.07, 6.45) is 3.57. The minimum absolute atomic E-state index is 0.0627. The van der Waals surface area contributed by atoms with Gasteiger partial charge in [0.2, 0.25) is 0 Å². The molecular weight excluding hydrogens is 278 g/mol. The van der Waals surface area contributed by atoms with Crippen molar-refractivity contribution in [1.29, 1.82) is 0 Å². The molecule has 0 unspecified atom stereocenters. The number of hydrogen-bond acceptors (Lipinski definition) is 3. The van der Waals surface area contributed by atoms with Crippen molar-refractivity contribution in [2.45, 2.75) is 32.5 Å². The van der Waals surface area contributed by atoms with Crippen LogP contribution in [0.5, 0.6) is 0 Å². The molecule has 4 nitrogen and oxygen atoms in total. The van der Waals surface area contributed by atoms with E-state index in [9.17, 15) is 4.79 Å². The highest BCUT2D eigenvalue weighted by molar-refractivity contribution is 5.95. The van der Waals surface area contributed by atoms with E-state index in [1.165, 1.54) is 5.56 Å². The van der Waals surface area contributed by atoms with E-state index in [-0.39, 0.29) is 12.0 Å². The zero-order chi connectivity index (χ0) is 15.4. The first kappa shape index (κ1) is 14.9. The summed E-state index contributed by atoms with van der Waals surface area (Å²) in [6.45, 7) is 3.94. The van der Waals surface area contributed by atoms with Gasteiger partial charge < -0.3 is 14.1 Å². The molecule has 0 spiro atoms. The molecule has 1 saturated heterocycles. The van der Waals surface area contributed by atoms with Crippen molar-refractivity contribution in [3.63, 3.8) is 0 Å². The van der Waals surface area contributed by atoms with Crippen LogP contribution in [0.2, 0.25) is 0 Å². The minimum atomic E-state index is 0.0627. The first-order chi connectivity index (χ1) is 10.7. The summed E-state index contributed by atoms with van der Waals surface area (Å²) in [5, 5.41) is 0. The van der Waals surface area contributed by atoms with Crippen molar-refractivity contribution in [3.05, 3.63) is 59.5 Å². The number of aryl methyl sites for hydroxylation is 1. The molecule has 0 bridgehead atoms. The lowest BCUT2D eigenvalue weighted by Crippen LogP contribution is -2.40. The number of nitrogens with zero attached hydrogens (tertiary/aromatic N) is 1. The average molecular weight is 299 g/mol. The fraction of sp³-hybridized carbons (Fsp3) is 0.389. The number of carbonyl (C=O) groups is 1. The third-order valence-corrected chi connectivity index (χ3v) is 4.15.